The first kappa shape index (κ1) is 21.5. The van der Waals surface area contributed by atoms with Crippen LogP contribution in [0.15, 0.2) is 29.3 Å². The van der Waals surface area contributed by atoms with Gasteiger partial charge in [-0.1, -0.05) is 26.0 Å². The molecular weight excluding hydrogens is 334 g/mol. The number of hydrogen-bond donors (Lipinski definition) is 2. The molecule has 0 spiro atoms. The van der Waals surface area contributed by atoms with Gasteiger partial charge in [0.15, 0.2) is 0 Å². The van der Waals surface area contributed by atoms with Gasteiger partial charge in [0.05, 0.1) is 17.4 Å². The predicted molar refractivity (Wildman–Crippen MR) is 106 cm³/mol. The standard InChI is InChI=1S/C19H29N3O2S/c1-3-9-20-10-4-11-22(14-19(23)24)13-16(2)12-17-5-7-18(8-6-17)21-15-25/h5-8,16,20H,3-4,9-14H2,1-2H3,(H,23,24). The molecule has 0 bridgehead atoms. The van der Waals surface area contributed by atoms with Crippen LogP contribution in [0.3, 0.4) is 0 Å². The molecule has 0 aromatic heterocycles. The summed E-state index contributed by atoms with van der Waals surface area (Å²) in [5.74, 6) is -0.390. The summed E-state index contributed by atoms with van der Waals surface area (Å²) in [7, 11) is 0. The number of hydrogen-bond acceptors (Lipinski definition) is 5. The Morgan fingerprint density at radius 3 is 2.68 bits per heavy atom. The zero-order valence-electron chi connectivity index (χ0n) is 15.2. The fourth-order valence-corrected chi connectivity index (χ4v) is 2.93. The van der Waals surface area contributed by atoms with Crippen molar-refractivity contribution in [1.29, 1.82) is 0 Å². The SMILES string of the molecule is CCCNCCCN(CC(=O)O)CC(C)Cc1ccc(N=C=S)cc1. The van der Waals surface area contributed by atoms with E-state index in [1.807, 2.05) is 29.2 Å². The third kappa shape index (κ3) is 10.1. The zero-order chi connectivity index (χ0) is 18.5. The van der Waals surface area contributed by atoms with Crippen molar-refractivity contribution in [2.45, 2.75) is 33.1 Å². The van der Waals surface area contributed by atoms with Crippen molar-refractivity contribution in [2.75, 3.05) is 32.7 Å². The van der Waals surface area contributed by atoms with E-state index in [1.54, 1.807) is 0 Å². The van der Waals surface area contributed by atoms with Gasteiger partial charge in [0.1, 0.15) is 0 Å². The van der Waals surface area contributed by atoms with Crippen molar-refractivity contribution in [1.82, 2.24) is 10.2 Å². The summed E-state index contributed by atoms with van der Waals surface area (Å²) >= 11 is 4.60. The maximum Gasteiger partial charge on any atom is 0.317 e. The predicted octanol–water partition coefficient (Wildman–Crippen LogP) is 3.38. The Kier molecular flexibility index (Phi) is 10.9. The molecule has 1 rings (SSSR count). The minimum atomic E-state index is -0.768. The average molecular weight is 364 g/mol. The van der Waals surface area contributed by atoms with Crippen LogP contribution in [0.4, 0.5) is 5.69 Å². The van der Waals surface area contributed by atoms with E-state index in [4.69, 9.17) is 5.11 Å². The summed E-state index contributed by atoms with van der Waals surface area (Å²) in [4.78, 5) is 17.1. The molecule has 138 valence electrons. The van der Waals surface area contributed by atoms with Crippen molar-refractivity contribution in [3.63, 3.8) is 0 Å². The topological polar surface area (TPSA) is 64.9 Å². The molecule has 0 fully saturated rings. The summed E-state index contributed by atoms with van der Waals surface area (Å²) in [6, 6.07) is 7.93. The molecule has 1 unspecified atom stereocenters. The Labute approximate surface area is 156 Å². The molecule has 1 aromatic carbocycles. The van der Waals surface area contributed by atoms with Crippen molar-refractivity contribution >= 4 is 29.0 Å². The van der Waals surface area contributed by atoms with E-state index in [9.17, 15) is 4.79 Å². The van der Waals surface area contributed by atoms with E-state index in [2.05, 4.69) is 41.5 Å². The van der Waals surface area contributed by atoms with Crippen LogP contribution in [-0.4, -0.2) is 53.9 Å². The van der Waals surface area contributed by atoms with Gasteiger partial charge < -0.3 is 10.4 Å². The molecule has 0 aliphatic heterocycles. The molecule has 0 aliphatic carbocycles. The Hall–Kier alpha value is -1.59. The summed E-state index contributed by atoms with van der Waals surface area (Å²) in [5.41, 5.74) is 2.02. The molecule has 0 radical (unpaired) electrons. The molecule has 0 saturated carbocycles. The second-order valence-corrected chi connectivity index (χ2v) is 6.59. The fraction of sp³-hybridized carbons (Fsp3) is 0.579. The molecule has 1 aromatic rings. The highest BCUT2D eigenvalue weighted by molar-refractivity contribution is 7.78. The summed E-state index contributed by atoms with van der Waals surface area (Å²) in [6.45, 7) is 7.92. The van der Waals surface area contributed by atoms with Crippen LogP contribution in [-0.2, 0) is 11.2 Å². The summed E-state index contributed by atoms with van der Waals surface area (Å²) in [6.07, 6.45) is 2.99. The number of rotatable bonds is 13. The van der Waals surface area contributed by atoms with Gasteiger partial charge in [-0.05, 0) is 74.7 Å². The van der Waals surface area contributed by atoms with Crippen molar-refractivity contribution in [2.24, 2.45) is 10.9 Å². The van der Waals surface area contributed by atoms with Gasteiger partial charge in [0, 0.05) is 6.54 Å². The number of carboxylic acids is 1. The average Bonchev–Trinajstić information content (AvgIpc) is 2.56. The summed E-state index contributed by atoms with van der Waals surface area (Å²) < 4.78 is 0. The highest BCUT2D eigenvalue weighted by Crippen LogP contribution is 2.16. The van der Waals surface area contributed by atoms with Gasteiger partial charge in [-0.15, -0.1) is 0 Å². The van der Waals surface area contributed by atoms with Crippen LogP contribution >= 0.6 is 12.2 Å². The zero-order valence-corrected chi connectivity index (χ0v) is 16.0. The Morgan fingerprint density at radius 2 is 2.08 bits per heavy atom. The Balaban J connectivity index is 2.47. The van der Waals surface area contributed by atoms with Gasteiger partial charge in [0.25, 0.3) is 0 Å². The molecule has 2 N–H and O–H groups in total. The molecule has 25 heavy (non-hydrogen) atoms. The number of nitrogens with zero attached hydrogens (tertiary/aromatic N) is 2. The minimum absolute atomic E-state index is 0.0977. The van der Waals surface area contributed by atoms with E-state index >= 15 is 0 Å². The number of carboxylic acid groups (broad SMARTS) is 1. The maximum atomic E-state index is 11.1. The number of isothiocyanates is 1. The number of aliphatic imine (C=N–C) groups is 1. The number of aliphatic carboxylic acids is 1. The highest BCUT2D eigenvalue weighted by Gasteiger charge is 2.14. The molecule has 1 atom stereocenters. The summed E-state index contributed by atoms with van der Waals surface area (Å²) in [5, 5.41) is 14.8. The van der Waals surface area contributed by atoms with Gasteiger partial charge in [0.2, 0.25) is 0 Å². The van der Waals surface area contributed by atoms with Gasteiger partial charge in [-0.2, -0.15) is 4.99 Å². The van der Waals surface area contributed by atoms with Crippen LogP contribution in [0.1, 0.15) is 32.3 Å². The fourth-order valence-electron chi connectivity index (χ4n) is 2.82. The lowest BCUT2D eigenvalue weighted by molar-refractivity contribution is -0.138. The molecule has 0 heterocycles. The van der Waals surface area contributed by atoms with Crippen molar-refractivity contribution in [3.05, 3.63) is 29.8 Å². The van der Waals surface area contributed by atoms with Crippen LogP contribution in [0.5, 0.6) is 0 Å². The third-order valence-corrected chi connectivity index (χ3v) is 3.97. The second-order valence-electron chi connectivity index (χ2n) is 6.41. The molecule has 0 aliphatic rings. The number of nitrogens with one attached hydrogen (secondary N) is 1. The Morgan fingerprint density at radius 1 is 1.36 bits per heavy atom. The van der Waals surface area contributed by atoms with Crippen LogP contribution < -0.4 is 5.32 Å². The van der Waals surface area contributed by atoms with Gasteiger partial charge in [-0.25, -0.2) is 0 Å². The Bertz CT molecular complexity index is 556. The van der Waals surface area contributed by atoms with E-state index in [-0.39, 0.29) is 6.54 Å². The van der Waals surface area contributed by atoms with Crippen molar-refractivity contribution in [3.8, 4) is 0 Å². The largest absolute Gasteiger partial charge is 0.480 e. The number of benzene rings is 1. The lowest BCUT2D eigenvalue weighted by Gasteiger charge is -2.24. The van der Waals surface area contributed by atoms with E-state index in [0.29, 0.717) is 5.92 Å². The smallest absolute Gasteiger partial charge is 0.317 e. The quantitative estimate of drug-likeness (QED) is 0.320. The third-order valence-electron chi connectivity index (χ3n) is 3.88. The molecule has 0 amide bonds. The van der Waals surface area contributed by atoms with Crippen molar-refractivity contribution < 1.29 is 9.90 Å². The lowest BCUT2D eigenvalue weighted by atomic mass is 10.00. The molecule has 6 heteroatoms. The number of thiocarbonyl (C=S) groups is 1. The van der Waals surface area contributed by atoms with E-state index in [0.717, 1.165) is 51.1 Å². The first-order valence-corrected chi connectivity index (χ1v) is 9.27. The maximum absolute atomic E-state index is 11.1. The van der Waals surface area contributed by atoms with Crippen LogP contribution in [0, 0.1) is 5.92 Å². The van der Waals surface area contributed by atoms with Gasteiger partial charge in [-0.3, -0.25) is 9.69 Å². The first-order chi connectivity index (χ1) is 12.0. The number of carbonyl (C=O) groups is 1. The second kappa shape index (κ2) is 12.7. The molecule has 5 nitrogen and oxygen atoms in total. The highest BCUT2D eigenvalue weighted by atomic mass is 32.1. The normalized spacial score (nSPS) is 12.0. The monoisotopic (exact) mass is 363 g/mol. The van der Waals surface area contributed by atoms with Gasteiger partial charge >= 0.3 is 5.97 Å². The minimum Gasteiger partial charge on any atom is -0.480 e. The van der Waals surface area contributed by atoms with Crippen LogP contribution in [0.2, 0.25) is 0 Å². The molecular formula is C19H29N3O2S. The van der Waals surface area contributed by atoms with E-state index in [1.165, 1.54) is 5.56 Å². The lowest BCUT2D eigenvalue weighted by Crippen LogP contribution is -2.36. The van der Waals surface area contributed by atoms with Crippen LogP contribution in [0.25, 0.3) is 0 Å². The first-order valence-electron chi connectivity index (χ1n) is 8.86. The molecule has 0 saturated heterocycles. The van der Waals surface area contributed by atoms with E-state index < -0.39 is 5.97 Å².